The second kappa shape index (κ2) is 8.12. The summed E-state index contributed by atoms with van der Waals surface area (Å²) in [6.45, 7) is 2.65. The van der Waals surface area contributed by atoms with Crippen LogP contribution in [0.4, 0.5) is 13.2 Å². The molecule has 16 heavy (non-hydrogen) atoms. The number of alkyl halides is 3. The molecule has 0 bridgehead atoms. The van der Waals surface area contributed by atoms with Gasteiger partial charge in [-0.05, 0) is 0 Å². The van der Waals surface area contributed by atoms with Crippen LogP contribution in [0.3, 0.4) is 0 Å². The van der Waals surface area contributed by atoms with Gasteiger partial charge in [-0.1, -0.05) is 6.08 Å². The number of halogens is 3. The van der Waals surface area contributed by atoms with Crippen molar-refractivity contribution in [2.75, 3.05) is 32.8 Å². The van der Waals surface area contributed by atoms with Crippen molar-refractivity contribution >= 4 is 5.91 Å². The summed E-state index contributed by atoms with van der Waals surface area (Å²) < 4.78 is 39.1. The molecule has 0 rings (SSSR count). The van der Waals surface area contributed by atoms with E-state index in [1.54, 1.807) is 6.08 Å². The van der Waals surface area contributed by atoms with Gasteiger partial charge in [0.15, 0.2) is 0 Å². The Morgan fingerprint density at radius 2 is 2.12 bits per heavy atom. The molecule has 0 unspecified atom stereocenters. The lowest BCUT2D eigenvalue weighted by molar-refractivity contribution is -0.173. The van der Waals surface area contributed by atoms with Gasteiger partial charge in [-0.3, -0.25) is 4.79 Å². The molecule has 2 N–H and O–H groups in total. The molecule has 0 aromatic heterocycles. The van der Waals surface area contributed by atoms with Crippen molar-refractivity contribution < 1.29 is 22.7 Å². The van der Waals surface area contributed by atoms with E-state index in [1.165, 1.54) is 0 Å². The molecule has 0 aliphatic carbocycles. The van der Waals surface area contributed by atoms with Crippen LogP contribution in [0.2, 0.25) is 0 Å². The van der Waals surface area contributed by atoms with Gasteiger partial charge in [-0.2, -0.15) is 13.2 Å². The van der Waals surface area contributed by atoms with Gasteiger partial charge >= 0.3 is 6.18 Å². The monoisotopic (exact) mass is 240 g/mol. The van der Waals surface area contributed by atoms with Crippen molar-refractivity contribution in [1.82, 2.24) is 10.6 Å². The summed E-state index contributed by atoms with van der Waals surface area (Å²) in [4.78, 5) is 11.0. The summed E-state index contributed by atoms with van der Waals surface area (Å²) in [5, 5.41) is 5.15. The predicted molar refractivity (Wildman–Crippen MR) is 53.0 cm³/mol. The zero-order valence-corrected chi connectivity index (χ0v) is 8.77. The predicted octanol–water partition coefficient (Wildman–Crippen LogP) is 0.457. The maximum atomic E-state index is 11.6. The number of hydrogen-bond acceptors (Lipinski definition) is 3. The highest BCUT2D eigenvalue weighted by Crippen LogP contribution is 2.13. The Morgan fingerprint density at radius 1 is 1.44 bits per heavy atom. The maximum Gasteiger partial charge on any atom is 0.411 e. The zero-order chi connectivity index (χ0) is 12.4. The fourth-order valence-electron chi connectivity index (χ4n) is 0.801. The van der Waals surface area contributed by atoms with Crippen molar-refractivity contribution in [2.24, 2.45) is 0 Å². The van der Waals surface area contributed by atoms with Crippen LogP contribution in [-0.4, -0.2) is 44.9 Å². The fraction of sp³-hybridized carbons (Fsp3) is 0.667. The van der Waals surface area contributed by atoms with Gasteiger partial charge in [0, 0.05) is 13.1 Å². The summed E-state index contributed by atoms with van der Waals surface area (Å²) in [5.74, 6) is -0.294. The van der Waals surface area contributed by atoms with Crippen molar-refractivity contribution in [3.05, 3.63) is 12.7 Å². The molecule has 0 aliphatic heterocycles. The molecule has 0 heterocycles. The van der Waals surface area contributed by atoms with Crippen molar-refractivity contribution in [2.45, 2.75) is 6.18 Å². The zero-order valence-electron chi connectivity index (χ0n) is 8.77. The average Bonchev–Trinajstić information content (AvgIpc) is 2.16. The van der Waals surface area contributed by atoms with Gasteiger partial charge in [-0.15, -0.1) is 6.58 Å². The number of nitrogens with one attached hydrogen (secondary N) is 2. The second-order valence-corrected chi connectivity index (χ2v) is 2.94. The van der Waals surface area contributed by atoms with Gasteiger partial charge in [0.2, 0.25) is 5.91 Å². The van der Waals surface area contributed by atoms with E-state index < -0.39 is 12.8 Å². The smallest absolute Gasteiger partial charge is 0.370 e. The van der Waals surface area contributed by atoms with Crippen LogP contribution in [0.15, 0.2) is 12.7 Å². The topological polar surface area (TPSA) is 50.4 Å². The van der Waals surface area contributed by atoms with E-state index in [-0.39, 0.29) is 25.6 Å². The Labute approximate surface area is 91.8 Å². The molecule has 0 saturated heterocycles. The third kappa shape index (κ3) is 11.0. The number of carbonyl (C=O) groups is 1. The summed E-state index contributed by atoms with van der Waals surface area (Å²) in [6.07, 6.45) is -2.73. The van der Waals surface area contributed by atoms with E-state index in [2.05, 4.69) is 21.9 Å². The van der Waals surface area contributed by atoms with E-state index in [9.17, 15) is 18.0 Å². The molecular formula is C9H15F3N2O2. The molecule has 1 amide bonds. The Balaban J connectivity index is 3.31. The molecule has 94 valence electrons. The number of amides is 1. The van der Waals surface area contributed by atoms with E-state index in [0.29, 0.717) is 6.54 Å². The number of ether oxygens (including phenoxy) is 1. The van der Waals surface area contributed by atoms with Gasteiger partial charge in [0.05, 0.1) is 13.2 Å². The fourth-order valence-corrected chi connectivity index (χ4v) is 0.801. The molecule has 0 aromatic carbocycles. The Kier molecular flexibility index (Phi) is 7.57. The van der Waals surface area contributed by atoms with E-state index in [0.717, 1.165) is 0 Å². The quantitative estimate of drug-likeness (QED) is 0.478. The Bertz CT molecular complexity index is 219. The number of hydrogen-bond donors (Lipinski definition) is 2. The van der Waals surface area contributed by atoms with Crippen molar-refractivity contribution in [3.8, 4) is 0 Å². The van der Waals surface area contributed by atoms with Crippen LogP contribution in [0.5, 0.6) is 0 Å². The number of rotatable bonds is 8. The first kappa shape index (κ1) is 14.9. The highest BCUT2D eigenvalue weighted by atomic mass is 19.4. The highest BCUT2D eigenvalue weighted by molar-refractivity contribution is 5.77. The lowest BCUT2D eigenvalue weighted by Gasteiger charge is -2.08. The van der Waals surface area contributed by atoms with Crippen LogP contribution < -0.4 is 10.6 Å². The summed E-state index contributed by atoms with van der Waals surface area (Å²) in [7, 11) is 0. The first-order valence-corrected chi connectivity index (χ1v) is 4.68. The standard InChI is InChI=1S/C9H15F3N2O2/c1-2-3-13-6-8(15)14-4-5-16-7-9(10,11)12/h2,13H,1,3-7H2,(H,14,15). The average molecular weight is 240 g/mol. The lowest BCUT2D eigenvalue weighted by atomic mass is 10.5. The van der Waals surface area contributed by atoms with Gasteiger partial charge < -0.3 is 15.4 Å². The first-order chi connectivity index (χ1) is 7.45. The molecule has 0 saturated carbocycles. The van der Waals surface area contributed by atoms with Crippen LogP contribution >= 0.6 is 0 Å². The molecule has 0 fully saturated rings. The van der Waals surface area contributed by atoms with Crippen LogP contribution in [0.25, 0.3) is 0 Å². The van der Waals surface area contributed by atoms with Gasteiger partial charge in [-0.25, -0.2) is 0 Å². The highest BCUT2D eigenvalue weighted by Gasteiger charge is 2.27. The summed E-state index contributed by atoms with van der Waals surface area (Å²) in [6, 6.07) is 0. The van der Waals surface area contributed by atoms with Crippen LogP contribution in [0.1, 0.15) is 0 Å². The van der Waals surface area contributed by atoms with Crippen molar-refractivity contribution in [3.63, 3.8) is 0 Å². The minimum Gasteiger partial charge on any atom is -0.370 e. The third-order valence-corrected chi connectivity index (χ3v) is 1.41. The summed E-state index contributed by atoms with van der Waals surface area (Å²) >= 11 is 0. The third-order valence-electron chi connectivity index (χ3n) is 1.41. The molecule has 0 aliphatic rings. The van der Waals surface area contributed by atoms with Crippen LogP contribution in [-0.2, 0) is 9.53 Å². The van der Waals surface area contributed by atoms with E-state index >= 15 is 0 Å². The molecule has 0 atom stereocenters. The molecule has 0 spiro atoms. The first-order valence-electron chi connectivity index (χ1n) is 4.68. The molecule has 0 aromatic rings. The molecular weight excluding hydrogens is 225 g/mol. The number of carbonyl (C=O) groups excluding carboxylic acids is 1. The lowest BCUT2D eigenvalue weighted by Crippen LogP contribution is -2.36. The minimum atomic E-state index is -4.32. The molecule has 7 heteroatoms. The second-order valence-electron chi connectivity index (χ2n) is 2.94. The largest absolute Gasteiger partial charge is 0.411 e. The van der Waals surface area contributed by atoms with Crippen LogP contribution in [0, 0.1) is 0 Å². The van der Waals surface area contributed by atoms with Crippen molar-refractivity contribution in [1.29, 1.82) is 0 Å². The Hall–Kier alpha value is -1.08. The van der Waals surface area contributed by atoms with Gasteiger partial charge in [0.25, 0.3) is 0 Å². The van der Waals surface area contributed by atoms with E-state index in [1.807, 2.05) is 0 Å². The Morgan fingerprint density at radius 3 is 2.69 bits per heavy atom. The summed E-state index contributed by atoms with van der Waals surface area (Å²) in [5.41, 5.74) is 0. The SMILES string of the molecule is C=CCNCC(=O)NCCOCC(F)(F)F. The molecule has 0 radical (unpaired) electrons. The normalized spacial score (nSPS) is 11.2. The van der Waals surface area contributed by atoms with Gasteiger partial charge in [0.1, 0.15) is 6.61 Å². The van der Waals surface area contributed by atoms with E-state index in [4.69, 9.17) is 0 Å². The minimum absolute atomic E-state index is 0.0602. The maximum absolute atomic E-state index is 11.6. The molecule has 4 nitrogen and oxygen atoms in total.